The van der Waals surface area contributed by atoms with Crippen LogP contribution in [0, 0.1) is 58.2 Å². The summed E-state index contributed by atoms with van der Waals surface area (Å²) in [7, 11) is -6.04. The number of para-hydroxylation sites is 4. The molecule has 334 valence electrons. The number of anilines is 6. The fourth-order valence-electron chi connectivity index (χ4n) is 11.0. The third-order valence-electron chi connectivity index (χ3n) is 14.1. The minimum atomic E-state index is -6.04. The molecule has 2 nitrogen and oxygen atoms in total. The van der Waals surface area contributed by atoms with Gasteiger partial charge in [-0.2, -0.15) is 0 Å². The van der Waals surface area contributed by atoms with Gasteiger partial charge in [-0.15, -0.1) is 0 Å². The highest BCUT2D eigenvalue weighted by atomic mass is 28.3. The summed E-state index contributed by atoms with van der Waals surface area (Å²) >= 11 is 0. The van der Waals surface area contributed by atoms with Crippen LogP contribution in [0.15, 0.2) is 133 Å². The van der Waals surface area contributed by atoms with Gasteiger partial charge in [0.2, 0.25) is 11.6 Å². The summed E-state index contributed by atoms with van der Waals surface area (Å²) in [5.41, 5.74) is 5.06. The normalized spacial score (nSPS) is 15.6. The van der Waals surface area contributed by atoms with Gasteiger partial charge in [0.15, 0.2) is 54.6 Å². The summed E-state index contributed by atoms with van der Waals surface area (Å²) in [6.45, 7) is 8.07. The lowest BCUT2D eigenvalue weighted by Gasteiger charge is -2.42. The van der Waals surface area contributed by atoms with Crippen LogP contribution in [0.3, 0.4) is 0 Å². The van der Waals surface area contributed by atoms with Crippen molar-refractivity contribution < 1.29 is 43.9 Å². The molecule has 67 heavy (non-hydrogen) atoms. The van der Waals surface area contributed by atoms with E-state index >= 15 is 43.9 Å². The van der Waals surface area contributed by atoms with Crippen LogP contribution < -0.4 is 30.5 Å². The topological polar surface area (TPSA) is 6.48 Å². The molecule has 0 aromatic heterocycles. The minimum absolute atomic E-state index is 0.0179. The first-order valence-corrected chi connectivity index (χ1v) is 23.3. The van der Waals surface area contributed by atoms with Gasteiger partial charge in [0.1, 0.15) is 0 Å². The molecule has 8 aromatic rings. The van der Waals surface area contributed by atoms with E-state index in [-0.39, 0.29) is 32.9 Å². The Labute approximate surface area is 379 Å². The molecular weight excluding hydrogens is 895 g/mol. The average molecular weight is 929 g/mol. The van der Waals surface area contributed by atoms with E-state index in [1.807, 2.05) is 100 Å². The summed E-state index contributed by atoms with van der Waals surface area (Å²) in [4.78, 5) is 3.56. The molecule has 3 aliphatic rings. The van der Waals surface area contributed by atoms with Crippen LogP contribution in [0.2, 0.25) is 0 Å². The van der Waals surface area contributed by atoms with E-state index in [0.717, 1.165) is 22.3 Å². The van der Waals surface area contributed by atoms with Crippen LogP contribution in [0.4, 0.5) is 78.0 Å². The number of hydrogen-bond acceptors (Lipinski definition) is 2. The van der Waals surface area contributed by atoms with Gasteiger partial charge in [-0.1, -0.05) is 113 Å². The Morgan fingerprint density at radius 3 is 0.866 bits per heavy atom. The lowest BCUT2D eigenvalue weighted by molar-refractivity contribution is 0.382. The van der Waals surface area contributed by atoms with E-state index in [2.05, 4.69) is 0 Å². The monoisotopic (exact) mass is 928 g/mol. The van der Waals surface area contributed by atoms with Gasteiger partial charge in [0.05, 0.1) is 22.7 Å². The van der Waals surface area contributed by atoms with Crippen molar-refractivity contribution in [3.8, 4) is 11.1 Å². The average Bonchev–Trinajstić information content (AvgIpc) is 3.60. The Balaban J connectivity index is 1.31. The Morgan fingerprint density at radius 2 is 0.582 bits per heavy atom. The maximum atomic E-state index is 17.2. The standard InChI is InChI=1S/C54H34F10N2Si/c1-53(2)31-13-5-9-17-35(31)65(36-18-10-6-14-32(36)53)27-21-23-29-30-24-22-28(66-37-19-11-7-15-33(37)54(3,4)34-16-8-12-20-38(34)66)26-40(30)67(39(29)25-27,51-47(61)43(57)41(55)44(58)48(51)62)52-49(63)45(59)42(56)46(60)50(52)64/h5-26H,1-4H3. The molecule has 0 bridgehead atoms. The summed E-state index contributed by atoms with van der Waals surface area (Å²) in [6.07, 6.45) is 0. The highest BCUT2D eigenvalue weighted by molar-refractivity contribution is 7.22. The maximum Gasteiger partial charge on any atom is 0.200 e. The van der Waals surface area contributed by atoms with Gasteiger partial charge >= 0.3 is 0 Å². The molecule has 0 unspecified atom stereocenters. The maximum absolute atomic E-state index is 17.2. The van der Waals surface area contributed by atoms with Crippen molar-refractivity contribution in [1.29, 1.82) is 0 Å². The van der Waals surface area contributed by atoms with E-state index in [9.17, 15) is 0 Å². The van der Waals surface area contributed by atoms with Crippen LogP contribution >= 0.6 is 0 Å². The second-order valence-electron chi connectivity index (χ2n) is 18.1. The van der Waals surface area contributed by atoms with Crippen LogP contribution in [0.5, 0.6) is 0 Å². The van der Waals surface area contributed by atoms with E-state index < -0.39 is 87.4 Å². The van der Waals surface area contributed by atoms with Crippen LogP contribution in [-0.2, 0) is 10.8 Å². The molecule has 0 amide bonds. The molecule has 11 rings (SSSR count). The number of benzene rings is 8. The van der Waals surface area contributed by atoms with Crippen molar-refractivity contribution in [2.45, 2.75) is 38.5 Å². The van der Waals surface area contributed by atoms with Gasteiger partial charge in [-0.05, 0) is 92.3 Å². The smallest absolute Gasteiger partial charge is 0.200 e. The van der Waals surface area contributed by atoms with Gasteiger partial charge in [-0.25, -0.2) is 43.9 Å². The fraction of sp³-hybridized carbons (Fsp3) is 0.111. The van der Waals surface area contributed by atoms with Crippen LogP contribution in [0.1, 0.15) is 49.9 Å². The van der Waals surface area contributed by atoms with Crippen LogP contribution in [0.25, 0.3) is 11.1 Å². The van der Waals surface area contributed by atoms with Gasteiger partial charge in [0, 0.05) is 32.6 Å². The quantitative estimate of drug-likeness (QED) is 0.0751. The van der Waals surface area contributed by atoms with Crippen molar-refractivity contribution in [2.24, 2.45) is 0 Å². The molecule has 0 spiro atoms. The zero-order chi connectivity index (χ0) is 47.2. The summed E-state index contributed by atoms with van der Waals surface area (Å²) in [5.74, 6) is -24.9. The zero-order valence-electron chi connectivity index (χ0n) is 35.9. The summed E-state index contributed by atoms with van der Waals surface area (Å²) in [5, 5.41) is -4.18. The number of halogens is 10. The summed E-state index contributed by atoms with van der Waals surface area (Å²) < 4.78 is 163. The molecule has 0 radical (unpaired) electrons. The van der Waals surface area contributed by atoms with E-state index in [1.54, 1.807) is 46.2 Å². The molecule has 0 saturated carbocycles. The second kappa shape index (κ2) is 14.4. The zero-order valence-corrected chi connectivity index (χ0v) is 36.9. The van der Waals surface area contributed by atoms with Crippen molar-refractivity contribution >= 4 is 62.9 Å². The molecule has 3 heterocycles. The first-order chi connectivity index (χ1) is 31.9. The Hall–Kier alpha value is -7.12. The van der Waals surface area contributed by atoms with Gasteiger partial charge < -0.3 is 9.80 Å². The van der Waals surface area contributed by atoms with Gasteiger partial charge in [0.25, 0.3) is 0 Å². The lowest BCUT2D eigenvalue weighted by atomic mass is 9.73. The predicted molar refractivity (Wildman–Crippen MR) is 242 cm³/mol. The third kappa shape index (κ3) is 5.45. The first-order valence-electron chi connectivity index (χ1n) is 21.3. The lowest BCUT2D eigenvalue weighted by Crippen LogP contribution is -2.76. The number of hydrogen-bond donors (Lipinski definition) is 0. The molecule has 0 fully saturated rings. The van der Waals surface area contributed by atoms with Crippen molar-refractivity contribution in [2.75, 3.05) is 9.80 Å². The van der Waals surface area contributed by atoms with E-state index in [4.69, 9.17) is 0 Å². The van der Waals surface area contributed by atoms with E-state index in [1.165, 1.54) is 24.3 Å². The largest absolute Gasteiger partial charge is 0.310 e. The fourth-order valence-corrected chi connectivity index (χ4v) is 16.4. The Bertz CT molecular complexity index is 3090. The molecule has 13 heteroatoms. The molecule has 0 N–H and O–H groups in total. The highest BCUT2D eigenvalue weighted by Gasteiger charge is 2.58. The SMILES string of the molecule is CC1(C)c2ccccc2N(c2ccc3c(c2)[Si](c2c(F)c(F)c(F)c(F)c2F)(c2c(F)c(F)c(F)c(F)c2F)c2cc(N4c5ccccc5C(C)(C)c5ccccc54)ccc2-3)c2ccccc21. The molecular formula is C54H34F10N2Si. The molecule has 0 aliphatic carbocycles. The van der Waals surface area contributed by atoms with Gasteiger partial charge in [-0.3, -0.25) is 0 Å². The number of nitrogens with zero attached hydrogens (tertiary/aromatic N) is 2. The first kappa shape index (κ1) is 42.5. The molecule has 8 aromatic carbocycles. The molecule has 3 aliphatic heterocycles. The minimum Gasteiger partial charge on any atom is -0.310 e. The molecule has 0 atom stereocenters. The number of rotatable bonds is 4. The number of fused-ring (bicyclic) bond motifs is 7. The van der Waals surface area contributed by atoms with Crippen molar-refractivity contribution in [1.82, 2.24) is 0 Å². The van der Waals surface area contributed by atoms with Crippen molar-refractivity contribution in [3.05, 3.63) is 214 Å². The van der Waals surface area contributed by atoms with Crippen molar-refractivity contribution in [3.63, 3.8) is 0 Å². The summed E-state index contributed by atoms with van der Waals surface area (Å²) in [6, 6.07) is 38.2. The third-order valence-corrected chi connectivity index (χ3v) is 18.9. The second-order valence-corrected chi connectivity index (χ2v) is 21.7. The Kier molecular flexibility index (Phi) is 9.16. The molecule has 0 saturated heterocycles. The van der Waals surface area contributed by atoms with Crippen LogP contribution in [-0.4, -0.2) is 8.07 Å². The highest BCUT2D eigenvalue weighted by Crippen LogP contribution is 2.54. The predicted octanol–water partition coefficient (Wildman–Crippen LogP) is 12.7. The Morgan fingerprint density at radius 1 is 0.328 bits per heavy atom. The van der Waals surface area contributed by atoms with E-state index in [0.29, 0.717) is 22.7 Å².